The van der Waals surface area contributed by atoms with E-state index < -0.39 is 18.7 Å². The van der Waals surface area contributed by atoms with Crippen molar-refractivity contribution in [3.63, 3.8) is 0 Å². The summed E-state index contributed by atoms with van der Waals surface area (Å²) in [6.07, 6.45) is -3.60. The third-order valence-corrected chi connectivity index (χ3v) is 5.13. The zero-order valence-corrected chi connectivity index (χ0v) is 14.9. The molecule has 1 fully saturated rings. The Morgan fingerprint density at radius 2 is 1.96 bits per heavy atom. The van der Waals surface area contributed by atoms with Crippen LogP contribution in [0.3, 0.4) is 0 Å². The highest BCUT2D eigenvalue weighted by molar-refractivity contribution is 5.79. The maximum Gasteiger partial charge on any atom is 0.393 e. The fourth-order valence-corrected chi connectivity index (χ4v) is 3.58. The summed E-state index contributed by atoms with van der Waals surface area (Å²) in [5, 5.41) is 0. The maximum absolute atomic E-state index is 12.7. The fourth-order valence-electron chi connectivity index (χ4n) is 3.58. The van der Waals surface area contributed by atoms with Crippen LogP contribution >= 0.6 is 0 Å². The minimum absolute atomic E-state index is 0.124. The van der Waals surface area contributed by atoms with Crippen molar-refractivity contribution in [1.82, 2.24) is 0 Å². The summed E-state index contributed by atoms with van der Waals surface area (Å²) in [6, 6.07) is 0. The van der Waals surface area contributed by atoms with Crippen LogP contribution in [-0.2, 0) is 9.53 Å². The van der Waals surface area contributed by atoms with E-state index in [0.29, 0.717) is 11.1 Å². The lowest BCUT2D eigenvalue weighted by molar-refractivity contribution is -0.149. The molecule has 1 saturated carbocycles. The van der Waals surface area contributed by atoms with Gasteiger partial charge in [0, 0.05) is 6.42 Å². The molecule has 0 heterocycles. The second kappa shape index (κ2) is 6.08. The van der Waals surface area contributed by atoms with Gasteiger partial charge in [0.25, 0.3) is 0 Å². The van der Waals surface area contributed by atoms with Crippen molar-refractivity contribution in [3.05, 3.63) is 34.9 Å². The summed E-state index contributed by atoms with van der Waals surface area (Å²) in [4.78, 5) is 12.5. The van der Waals surface area contributed by atoms with Crippen LogP contribution in [0.4, 0.5) is 13.2 Å². The number of esters is 1. The van der Waals surface area contributed by atoms with Crippen molar-refractivity contribution in [2.75, 3.05) is 0 Å². The predicted molar refractivity (Wildman–Crippen MR) is 87.2 cm³/mol. The molecule has 0 bridgehead atoms. The van der Waals surface area contributed by atoms with Gasteiger partial charge in [-0.2, -0.15) is 13.2 Å². The molecule has 3 atom stereocenters. The molecular formula is C19H25F3O2. The highest BCUT2D eigenvalue weighted by Crippen LogP contribution is 2.60. The number of alkyl halides is 3. The third-order valence-electron chi connectivity index (χ3n) is 5.13. The molecule has 0 aromatic carbocycles. The van der Waals surface area contributed by atoms with Gasteiger partial charge in [-0.1, -0.05) is 32.1 Å². The van der Waals surface area contributed by atoms with E-state index >= 15 is 0 Å². The van der Waals surface area contributed by atoms with Gasteiger partial charge in [-0.3, -0.25) is 4.79 Å². The lowest BCUT2D eigenvalue weighted by atomic mass is 10.1. The molecule has 2 aliphatic rings. The number of allylic oxidation sites excluding steroid dienone is 3. The summed E-state index contributed by atoms with van der Waals surface area (Å²) in [7, 11) is 0. The minimum atomic E-state index is -4.29. The molecule has 5 heteroatoms. The first-order chi connectivity index (χ1) is 10.8. The lowest BCUT2D eigenvalue weighted by Gasteiger charge is -2.14. The van der Waals surface area contributed by atoms with Gasteiger partial charge in [-0.25, -0.2) is 0 Å². The van der Waals surface area contributed by atoms with E-state index in [9.17, 15) is 18.0 Å². The van der Waals surface area contributed by atoms with Gasteiger partial charge in [0.05, 0.1) is 12.3 Å². The van der Waals surface area contributed by atoms with Crippen LogP contribution in [0.1, 0.15) is 47.5 Å². The lowest BCUT2D eigenvalue weighted by Crippen LogP contribution is -2.20. The Labute approximate surface area is 141 Å². The average molecular weight is 342 g/mol. The molecule has 0 aromatic heterocycles. The topological polar surface area (TPSA) is 26.3 Å². The normalized spacial score (nSPS) is 28.8. The van der Waals surface area contributed by atoms with Gasteiger partial charge in [-0.15, -0.1) is 0 Å². The van der Waals surface area contributed by atoms with E-state index in [2.05, 4.69) is 12.7 Å². The molecule has 0 amide bonds. The summed E-state index contributed by atoms with van der Waals surface area (Å²) < 4.78 is 43.6. The molecule has 134 valence electrons. The smallest absolute Gasteiger partial charge is 0.393 e. The van der Waals surface area contributed by atoms with Crippen molar-refractivity contribution in [3.8, 4) is 0 Å². The number of hydrogen-bond donors (Lipinski definition) is 0. The molecule has 0 aromatic rings. The van der Waals surface area contributed by atoms with Crippen molar-refractivity contribution >= 4 is 5.97 Å². The van der Waals surface area contributed by atoms with Crippen molar-refractivity contribution in [1.29, 1.82) is 0 Å². The first-order valence-corrected chi connectivity index (χ1v) is 8.14. The Bertz CT molecular complexity index is 619. The number of hydrogen-bond acceptors (Lipinski definition) is 2. The fraction of sp³-hybridized carbons (Fsp3) is 0.632. The van der Waals surface area contributed by atoms with Crippen LogP contribution in [0, 0.1) is 17.3 Å². The average Bonchev–Trinajstić information content (AvgIpc) is 2.83. The standard InChI is InChI=1S/C19H25F3O2/c1-10(2)7-14-16(18(14,5)6)17(23)24-15-8-11(3)13(12(15)4)9-19(20,21)22/h7,14-16H,3,8-9H2,1-2,4-6H3/t14-,15?,16+/m1/s1. The maximum atomic E-state index is 12.7. The molecular weight excluding hydrogens is 317 g/mol. The quantitative estimate of drug-likeness (QED) is 0.507. The van der Waals surface area contributed by atoms with Crippen LogP contribution < -0.4 is 0 Å². The van der Waals surface area contributed by atoms with E-state index in [1.54, 1.807) is 6.92 Å². The molecule has 2 aliphatic carbocycles. The molecule has 0 saturated heterocycles. The van der Waals surface area contributed by atoms with Gasteiger partial charge in [0.2, 0.25) is 0 Å². The second-order valence-corrected chi connectivity index (χ2v) is 7.76. The van der Waals surface area contributed by atoms with Crippen LogP contribution in [0.25, 0.3) is 0 Å². The first-order valence-electron chi connectivity index (χ1n) is 8.14. The van der Waals surface area contributed by atoms with E-state index in [0.717, 1.165) is 5.57 Å². The van der Waals surface area contributed by atoms with E-state index in [1.807, 2.05) is 27.7 Å². The number of halogens is 3. The van der Waals surface area contributed by atoms with Crippen LogP contribution in [0.5, 0.6) is 0 Å². The Hall–Kier alpha value is -1.52. The summed E-state index contributed by atoms with van der Waals surface area (Å²) in [5.74, 6) is -0.438. The summed E-state index contributed by atoms with van der Waals surface area (Å²) in [6.45, 7) is 13.3. The summed E-state index contributed by atoms with van der Waals surface area (Å²) in [5.41, 5.74) is 2.04. The predicted octanol–water partition coefficient (Wildman–Crippen LogP) is 5.37. The van der Waals surface area contributed by atoms with E-state index in [4.69, 9.17) is 4.74 Å². The molecule has 2 nitrogen and oxygen atoms in total. The molecule has 2 rings (SSSR count). The Morgan fingerprint density at radius 3 is 2.46 bits per heavy atom. The first kappa shape index (κ1) is 18.8. The largest absolute Gasteiger partial charge is 0.457 e. The van der Waals surface area contributed by atoms with Crippen LogP contribution in [0.15, 0.2) is 34.9 Å². The number of rotatable bonds is 4. The van der Waals surface area contributed by atoms with Gasteiger partial charge in [-0.05, 0) is 48.8 Å². The molecule has 0 N–H and O–H groups in total. The van der Waals surface area contributed by atoms with Crippen molar-refractivity contribution < 1.29 is 22.7 Å². The summed E-state index contributed by atoms with van der Waals surface area (Å²) >= 11 is 0. The Balaban J connectivity index is 2.08. The van der Waals surface area contributed by atoms with Gasteiger partial charge < -0.3 is 4.74 Å². The van der Waals surface area contributed by atoms with Crippen LogP contribution in [0.2, 0.25) is 0 Å². The molecule has 1 unspecified atom stereocenters. The number of carbonyl (C=O) groups excluding carboxylic acids is 1. The highest BCUT2D eigenvalue weighted by Gasteiger charge is 2.61. The van der Waals surface area contributed by atoms with Crippen LogP contribution in [-0.4, -0.2) is 18.2 Å². The zero-order chi connectivity index (χ0) is 18.4. The van der Waals surface area contributed by atoms with Gasteiger partial charge >= 0.3 is 12.1 Å². The Morgan fingerprint density at radius 1 is 1.38 bits per heavy atom. The Kier molecular flexibility index (Phi) is 4.77. The third kappa shape index (κ3) is 3.76. The number of ether oxygens (including phenoxy) is 1. The zero-order valence-electron chi connectivity index (χ0n) is 14.9. The van der Waals surface area contributed by atoms with Gasteiger partial charge in [0.1, 0.15) is 6.10 Å². The monoisotopic (exact) mass is 342 g/mol. The highest BCUT2D eigenvalue weighted by atomic mass is 19.4. The van der Waals surface area contributed by atoms with Crippen molar-refractivity contribution in [2.45, 2.75) is 59.7 Å². The van der Waals surface area contributed by atoms with Crippen molar-refractivity contribution in [2.24, 2.45) is 17.3 Å². The molecule has 0 aliphatic heterocycles. The SMILES string of the molecule is C=C1CC(OC(=O)[C@@H]2[C@@H](C=C(C)C)C2(C)C)C(C)=C1CC(F)(F)F. The van der Waals surface area contributed by atoms with Gasteiger partial charge in [0.15, 0.2) is 0 Å². The molecule has 0 radical (unpaired) electrons. The second-order valence-electron chi connectivity index (χ2n) is 7.76. The molecule has 24 heavy (non-hydrogen) atoms. The van der Waals surface area contributed by atoms with E-state index in [1.165, 1.54) is 0 Å². The molecule has 0 spiro atoms. The number of carbonyl (C=O) groups is 1. The minimum Gasteiger partial charge on any atom is -0.457 e. The van der Waals surface area contributed by atoms with E-state index in [-0.39, 0.29) is 35.2 Å².